The molecule has 19 heavy (non-hydrogen) atoms. The maximum absolute atomic E-state index is 12.3. The summed E-state index contributed by atoms with van der Waals surface area (Å²) in [6, 6.07) is 2.58. The zero-order chi connectivity index (χ0) is 13.7. The normalized spacial score (nSPS) is 20.1. The number of furan rings is 1. The Morgan fingerprint density at radius 3 is 2.53 bits per heavy atom. The molecule has 2 N–H and O–H groups in total. The van der Waals surface area contributed by atoms with E-state index in [0.717, 1.165) is 25.7 Å². The number of hydrogen-bond acceptors (Lipinski definition) is 4. The lowest BCUT2D eigenvalue weighted by Gasteiger charge is -2.23. The van der Waals surface area contributed by atoms with Gasteiger partial charge in [0.15, 0.2) is 0 Å². The maximum Gasteiger partial charge on any atom is 0.280 e. The second-order valence-corrected chi connectivity index (χ2v) is 6.39. The van der Waals surface area contributed by atoms with E-state index in [-0.39, 0.29) is 6.61 Å². The standard InChI is InChI=1S/C12H20N2O4S/c15-10-11(12-6-5-9-18-12)13-19(16,17)14-7-3-1-2-4-8-14/h5-6,9,11,13,15H,1-4,7-8,10H2/t11-/m0/s1. The highest BCUT2D eigenvalue weighted by Crippen LogP contribution is 2.17. The monoisotopic (exact) mass is 288 g/mol. The van der Waals surface area contributed by atoms with Crippen molar-refractivity contribution in [2.45, 2.75) is 31.7 Å². The summed E-state index contributed by atoms with van der Waals surface area (Å²) in [7, 11) is -3.58. The second-order valence-electron chi connectivity index (χ2n) is 4.69. The molecule has 1 saturated heterocycles. The Hall–Kier alpha value is -0.890. The Morgan fingerprint density at radius 2 is 2.00 bits per heavy atom. The first-order valence-electron chi connectivity index (χ1n) is 6.55. The summed E-state index contributed by atoms with van der Waals surface area (Å²) in [6.07, 6.45) is 5.34. The van der Waals surface area contributed by atoms with E-state index in [2.05, 4.69) is 4.72 Å². The first-order valence-corrected chi connectivity index (χ1v) is 7.99. The van der Waals surface area contributed by atoms with Crippen LogP contribution in [-0.2, 0) is 10.2 Å². The minimum absolute atomic E-state index is 0.333. The zero-order valence-corrected chi connectivity index (χ0v) is 11.6. The molecule has 1 atom stereocenters. The Kier molecular flexibility index (Phi) is 4.98. The molecule has 1 aromatic heterocycles. The van der Waals surface area contributed by atoms with Gasteiger partial charge in [0.05, 0.1) is 12.9 Å². The molecule has 2 rings (SSSR count). The van der Waals surface area contributed by atoms with E-state index in [0.29, 0.717) is 18.8 Å². The van der Waals surface area contributed by atoms with Gasteiger partial charge in [-0.05, 0) is 25.0 Å². The van der Waals surface area contributed by atoms with Crippen molar-refractivity contribution < 1.29 is 17.9 Å². The molecular formula is C12H20N2O4S. The zero-order valence-electron chi connectivity index (χ0n) is 10.8. The van der Waals surface area contributed by atoms with Gasteiger partial charge in [-0.15, -0.1) is 0 Å². The summed E-state index contributed by atoms with van der Waals surface area (Å²) in [5.41, 5.74) is 0. The number of nitrogens with zero attached hydrogens (tertiary/aromatic N) is 1. The van der Waals surface area contributed by atoms with E-state index in [4.69, 9.17) is 4.42 Å². The summed E-state index contributed by atoms with van der Waals surface area (Å²) < 4.78 is 33.6. The van der Waals surface area contributed by atoms with Gasteiger partial charge in [-0.1, -0.05) is 12.8 Å². The van der Waals surface area contributed by atoms with Crippen molar-refractivity contribution in [2.24, 2.45) is 0 Å². The Morgan fingerprint density at radius 1 is 1.32 bits per heavy atom. The van der Waals surface area contributed by atoms with Crippen molar-refractivity contribution >= 4 is 10.2 Å². The third kappa shape index (κ3) is 3.79. The van der Waals surface area contributed by atoms with E-state index >= 15 is 0 Å². The van der Waals surface area contributed by atoms with Crippen LogP contribution in [0, 0.1) is 0 Å². The van der Waals surface area contributed by atoms with Crippen molar-refractivity contribution in [3.8, 4) is 0 Å². The van der Waals surface area contributed by atoms with Crippen molar-refractivity contribution in [3.63, 3.8) is 0 Å². The van der Waals surface area contributed by atoms with Gasteiger partial charge >= 0.3 is 0 Å². The van der Waals surface area contributed by atoms with Gasteiger partial charge in [0, 0.05) is 13.1 Å². The molecule has 0 unspecified atom stereocenters. The van der Waals surface area contributed by atoms with E-state index in [1.54, 1.807) is 12.1 Å². The van der Waals surface area contributed by atoms with Crippen LogP contribution in [-0.4, -0.2) is 37.5 Å². The van der Waals surface area contributed by atoms with Gasteiger partial charge in [0.2, 0.25) is 0 Å². The van der Waals surface area contributed by atoms with E-state index in [1.807, 2.05) is 0 Å². The molecule has 1 aliphatic rings. The molecular weight excluding hydrogens is 268 g/mol. The van der Waals surface area contributed by atoms with Gasteiger partial charge in [0.1, 0.15) is 11.8 Å². The average Bonchev–Trinajstić information content (AvgIpc) is 2.77. The van der Waals surface area contributed by atoms with Gasteiger partial charge in [-0.2, -0.15) is 17.4 Å². The third-order valence-electron chi connectivity index (χ3n) is 3.27. The fourth-order valence-corrected chi connectivity index (χ4v) is 3.65. The van der Waals surface area contributed by atoms with Crippen LogP contribution in [0.25, 0.3) is 0 Å². The topological polar surface area (TPSA) is 82.8 Å². The first kappa shape index (κ1) is 14.5. The highest BCUT2D eigenvalue weighted by atomic mass is 32.2. The summed E-state index contributed by atoms with van der Waals surface area (Å²) in [5.74, 6) is 0.417. The predicted octanol–water partition coefficient (Wildman–Crippen LogP) is 1.02. The minimum Gasteiger partial charge on any atom is -0.468 e. The molecule has 108 valence electrons. The molecule has 0 spiro atoms. The van der Waals surface area contributed by atoms with Crippen LogP contribution in [0.15, 0.2) is 22.8 Å². The van der Waals surface area contributed by atoms with Crippen molar-refractivity contribution in [1.82, 2.24) is 9.03 Å². The highest BCUT2D eigenvalue weighted by molar-refractivity contribution is 7.87. The number of hydrogen-bond donors (Lipinski definition) is 2. The first-order chi connectivity index (χ1) is 9.13. The molecule has 0 aromatic carbocycles. The average molecular weight is 288 g/mol. The molecule has 1 aliphatic heterocycles. The lowest BCUT2D eigenvalue weighted by Crippen LogP contribution is -2.43. The Labute approximate surface area is 113 Å². The molecule has 1 fully saturated rings. The third-order valence-corrected chi connectivity index (χ3v) is 4.89. The fourth-order valence-electron chi connectivity index (χ4n) is 2.21. The summed E-state index contributed by atoms with van der Waals surface area (Å²) in [5, 5.41) is 9.31. The van der Waals surface area contributed by atoms with Crippen molar-refractivity contribution in [3.05, 3.63) is 24.2 Å². The number of aliphatic hydroxyl groups excluding tert-OH is 1. The van der Waals surface area contributed by atoms with Crippen LogP contribution < -0.4 is 4.72 Å². The number of rotatable bonds is 5. The van der Waals surface area contributed by atoms with Crippen LogP contribution in [0.5, 0.6) is 0 Å². The van der Waals surface area contributed by atoms with E-state index in [1.165, 1.54) is 10.6 Å². The van der Waals surface area contributed by atoms with Gasteiger partial charge < -0.3 is 9.52 Å². The van der Waals surface area contributed by atoms with Crippen LogP contribution >= 0.6 is 0 Å². The SMILES string of the molecule is O=S(=O)(N[C@@H](CO)c1ccco1)N1CCCCCC1. The van der Waals surface area contributed by atoms with Crippen molar-refractivity contribution in [2.75, 3.05) is 19.7 Å². The smallest absolute Gasteiger partial charge is 0.280 e. The molecule has 2 heterocycles. The number of nitrogens with one attached hydrogen (secondary N) is 1. The van der Waals surface area contributed by atoms with Gasteiger partial charge in [0.25, 0.3) is 10.2 Å². The Bertz CT molecular complexity index is 464. The van der Waals surface area contributed by atoms with E-state index in [9.17, 15) is 13.5 Å². The van der Waals surface area contributed by atoms with Gasteiger partial charge in [-0.25, -0.2) is 0 Å². The molecule has 1 aromatic rings. The largest absolute Gasteiger partial charge is 0.468 e. The van der Waals surface area contributed by atoms with Crippen LogP contribution in [0.2, 0.25) is 0 Å². The van der Waals surface area contributed by atoms with Crippen LogP contribution in [0.3, 0.4) is 0 Å². The maximum atomic E-state index is 12.3. The molecule has 0 saturated carbocycles. The molecule has 7 heteroatoms. The van der Waals surface area contributed by atoms with Crippen LogP contribution in [0.4, 0.5) is 0 Å². The van der Waals surface area contributed by atoms with Crippen LogP contribution in [0.1, 0.15) is 37.5 Å². The van der Waals surface area contributed by atoms with Crippen molar-refractivity contribution in [1.29, 1.82) is 0 Å². The molecule has 0 amide bonds. The molecule has 0 radical (unpaired) electrons. The summed E-state index contributed by atoms with van der Waals surface area (Å²) in [4.78, 5) is 0. The molecule has 0 aliphatic carbocycles. The highest BCUT2D eigenvalue weighted by Gasteiger charge is 2.27. The molecule has 6 nitrogen and oxygen atoms in total. The fraction of sp³-hybridized carbons (Fsp3) is 0.667. The van der Waals surface area contributed by atoms with Gasteiger partial charge in [-0.3, -0.25) is 0 Å². The quantitative estimate of drug-likeness (QED) is 0.847. The molecule has 0 bridgehead atoms. The predicted molar refractivity (Wildman–Crippen MR) is 70.6 cm³/mol. The summed E-state index contributed by atoms with van der Waals surface area (Å²) in [6.45, 7) is 0.734. The van der Waals surface area contributed by atoms with E-state index < -0.39 is 16.3 Å². The lowest BCUT2D eigenvalue weighted by atomic mass is 10.2. The Balaban J connectivity index is 2.06. The summed E-state index contributed by atoms with van der Waals surface area (Å²) >= 11 is 0. The lowest BCUT2D eigenvalue weighted by molar-refractivity contribution is 0.239. The second kappa shape index (κ2) is 6.51. The number of aliphatic hydroxyl groups is 1. The minimum atomic E-state index is -3.58.